The van der Waals surface area contributed by atoms with Gasteiger partial charge in [-0.05, 0) is 44.2 Å². The second kappa shape index (κ2) is 6.88. The molecule has 1 heterocycles. The number of likely N-dealkylation sites (tertiary alicyclic amines) is 1. The van der Waals surface area contributed by atoms with Crippen LogP contribution in [0.4, 0.5) is 0 Å². The Labute approximate surface area is 127 Å². The van der Waals surface area contributed by atoms with Gasteiger partial charge in [0.25, 0.3) is 0 Å². The molecular weight excluding hydrogens is 262 g/mol. The number of amides is 1. The maximum atomic E-state index is 12.3. The van der Waals surface area contributed by atoms with Gasteiger partial charge in [0.2, 0.25) is 5.91 Å². The van der Waals surface area contributed by atoms with Crippen LogP contribution < -0.4 is 0 Å². The summed E-state index contributed by atoms with van der Waals surface area (Å²) < 4.78 is 0. The summed E-state index contributed by atoms with van der Waals surface area (Å²) >= 11 is 0. The van der Waals surface area contributed by atoms with E-state index in [1.165, 1.54) is 0 Å². The molecule has 114 valence electrons. The van der Waals surface area contributed by atoms with Crippen molar-refractivity contribution in [2.75, 3.05) is 13.1 Å². The van der Waals surface area contributed by atoms with Gasteiger partial charge in [-0.2, -0.15) is 0 Å². The van der Waals surface area contributed by atoms with Crippen molar-refractivity contribution in [1.82, 2.24) is 4.90 Å². The van der Waals surface area contributed by atoms with E-state index < -0.39 is 0 Å². The Hall–Kier alpha value is -1.64. The minimum atomic E-state index is 0.0786. The zero-order valence-electron chi connectivity index (χ0n) is 13.3. The van der Waals surface area contributed by atoms with Gasteiger partial charge >= 0.3 is 0 Å². The van der Waals surface area contributed by atoms with Gasteiger partial charge < -0.3 is 4.90 Å². The second-order valence-electron chi connectivity index (χ2n) is 6.30. The third kappa shape index (κ3) is 4.16. The van der Waals surface area contributed by atoms with E-state index in [0.717, 1.165) is 42.6 Å². The lowest BCUT2D eigenvalue weighted by Crippen LogP contribution is -2.38. The number of carbonyl (C=O) groups is 2. The maximum Gasteiger partial charge on any atom is 0.223 e. The first-order valence-electron chi connectivity index (χ1n) is 7.85. The van der Waals surface area contributed by atoms with Gasteiger partial charge in [-0.3, -0.25) is 9.59 Å². The van der Waals surface area contributed by atoms with Crippen LogP contribution in [0.25, 0.3) is 0 Å². The molecule has 0 unspecified atom stereocenters. The largest absolute Gasteiger partial charge is 0.343 e. The number of benzene rings is 1. The lowest BCUT2D eigenvalue weighted by molar-refractivity contribution is -0.132. The summed E-state index contributed by atoms with van der Waals surface area (Å²) in [5.41, 5.74) is 2.83. The first-order valence-corrected chi connectivity index (χ1v) is 7.85. The van der Waals surface area contributed by atoms with Crippen molar-refractivity contribution in [3.63, 3.8) is 0 Å². The lowest BCUT2D eigenvalue weighted by Gasteiger charge is -2.30. The van der Waals surface area contributed by atoms with E-state index >= 15 is 0 Å². The van der Waals surface area contributed by atoms with Crippen LogP contribution in [0.15, 0.2) is 18.2 Å². The molecular formula is C18H25NO2. The molecule has 1 amide bonds. The molecule has 3 heteroatoms. The number of Topliss-reactive ketones (excluding diaryl/α,β-unsaturated/α-hetero) is 1. The maximum absolute atomic E-state index is 12.3. The Morgan fingerprint density at radius 2 is 1.81 bits per heavy atom. The zero-order chi connectivity index (χ0) is 15.4. The molecule has 1 aliphatic rings. The molecule has 1 aromatic rings. The third-order valence-corrected chi connectivity index (χ3v) is 4.40. The Bertz CT molecular complexity index is 528. The number of rotatable bonds is 4. The summed E-state index contributed by atoms with van der Waals surface area (Å²) in [5, 5.41) is 0. The van der Waals surface area contributed by atoms with Crippen molar-refractivity contribution < 1.29 is 9.59 Å². The van der Waals surface area contributed by atoms with E-state index in [0.29, 0.717) is 18.8 Å². The fraction of sp³-hybridized carbons (Fsp3) is 0.556. The summed E-state index contributed by atoms with van der Waals surface area (Å²) in [7, 11) is 0. The molecule has 0 aromatic heterocycles. The molecule has 0 bridgehead atoms. The minimum Gasteiger partial charge on any atom is -0.343 e. The molecule has 1 aliphatic heterocycles. The van der Waals surface area contributed by atoms with Gasteiger partial charge in [-0.25, -0.2) is 0 Å². The predicted octanol–water partition coefficient (Wildman–Crippen LogP) is 3.52. The van der Waals surface area contributed by atoms with Crippen LogP contribution in [0.2, 0.25) is 0 Å². The Kier molecular flexibility index (Phi) is 5.16. The Morgan fingerprint density at radius 3 is 2.48 bits per heavy atom. The highest BCUT2D eigenvalue weighted by Gasteiger charge is 2.21. The van der Waals surface area contributed by atoms with Crippen molar-refractivity contribution >= 4 is 11.7 Å². The molecule has 0 radical (unpaired) electrons. The SMILES string of the molecule is Cc1ccc(C)c(C(=O)CCC(=O)N2CCC(C)CC2)c1. The van der Waals surface area contributed by atoms with Crippen molar-refractivity contribution in [2.24, 2.45) is 5.92 Å². The molecule has 0 N–H and O–H groups in total. The van der Waals surface area contributed by atoms with Gasteiger partial charge in [0.15, 0.2) is 5.78 Å². The van der Waals surface area contributed by atoms with Gasteiger partial charge in [-0.15, -0.1) is 0 Å². The van der Waals surface area contributed by atoms with E-state index in [1.807, 2.05) is 36.9 Å². The lowest BCUT2D eigenvalue weighted by atomic mass is 9.97. The average molecular weight is 287 g/mol. The van der Waals surface area contributed by atoms with Gasteiger partial charge in [-0.1, -0.05) is 24.6 Å². The highest BCUT2D eigenvalue weighted by molar-refractivity contribution is 5.99. The van der Waals surface area contributed by atoms with Gasteiger partial charge in [0.05, 0.1) is 0 Å². The highest BCUT2D eigenvalue weighted by atomic mass is 16.2. The molecule has 21 heavy (non-hydrogen) atoms. The Balaban J connectivity index is 1.89. The van der Waals surface area contributed by atoms with Crippen LogP contribution in [0.5, 0.6) is 0 Å². The molecule has 1 fully saturated rings. The monoisotopic (exact) mass is 287 g/mol. The molecule has 0 spiro atoms. The average Bonchev–Trinajstić information content (AvgIpc) is 2.47. The van der Waals surface area contributed by atoms with Crippen LogP contribution in [0, 0.1) is 19.8 Å². The topological polar surface area (TPSA) is 37.4 Å². The number of nitrogens with zero attached hydrogens (tertiary/aromatic N) is 1. The molecule has 3 nitrogen and oxygen atoms in total. The van der Waals surface area contributed by atoms with Crippen LogP contribution in [-0.2, 0) is 4.79 Å². The van der Waals surface area contributed by atoms with E-state index in [4.69, 9.17) is 0 Å². The van der Waals surface area contributed by atoms with Gasteiger partial charge in [0, 0.05) is 31.5 Å². The third-order valence-electron chi connectivity index (χ3n) is 4.40. The van der Waals surface area contributed by atoms with Gasteiger partial charge in [0.1, 0.15) is 0 Å². The molecule has 0 aliphatic carbocycles. The first-order chi connectivity index (χ1) is 9.97. The number of carbonyl (C=O) groups excluding carboxylic acids is 2. The number of hydrogen-bond donors (Lipinski definition) is 0. The smallest absolute Gasteiger partial charge is 0.223 e. The fourth-order valence-corrected chi connectivity index (χ4v) is 2.81. The summed E-state index contributed by atoms with van der Waals surface area (Å²) in [6, 6.07) is 5.90. The van der Waals surface area contributed by atoms with Crippen LogP contribution in [0.1, 0.15) is 54.1 Å². The van der Waals surface area contributed by atoms with Crippen LogP contribution in [0.3, 0.4) is 0 Å². The van der Waals surface area contributed by atoms with Crippen molar-refractivity contribution in [3.8, 4) is 0 Å². The van der Waals surface area contributed by atoms with Crippen LogP contribution >= 0.6 is 0 Å². The molecule has 0 atom stereocenters. The van der Waals surface area contributed by atoms with E-state index in [-0.39, 0.29) is 11.7 Å². The zero-order valence-corrected chi connectivity index (χ0v) is 13.3. The first kappa shape index (κ1) is 15.7. The number of aryl methyl sites for hydroxylation is 2. The predicted molar refractivity (Wildman–Crippen MR) is 84.5 cm³/mol. The standard InChI is InChI=1S/C18H25NO2/c1-13-8-10-19(11-9-13)18(21)7-6-17(20)16-12-14(2)4-5-15(16)3/h4-5,12-13H,6-11H2,1-3H3. The number of hydrogen-bond acceptors (Lipinski definition) is 2. The summed E-state index contributed by atoms with van der Waals surface area (Å²) in [5.74, 6) is 0.918. The molecule has 1 saturated heterocycles. The van der Waals surface area contributed by atoms with Crippen molar-refractivity contribution in [2.45, 2.75) is 46.5 Å². The summed E-state index contributed by atoms with van der Waals surface area (Å²) in [6.45, 7) is 7.85. The summed E-state index contributed by atoms with van der Waals surface area (Å²) in [4.78, 5) is 26.4. The van der Waals surface area contributed by atoms with Crippen molar-refractivity contribution in [1.29, 1.82) is 0 Å². The normalized spacial score (nSPS) is 16.0. The number of ketones is 1. The molecule has 0 saturated carbocycles. The minimum absolute atomic E-state index is 0.0786. The van der Waals surface area contributed by atoms with E-state index in [2.05, 4.69) is 6.92 Å². The summed E-state index contributed by atoms with van der Waals surface area (Å²) in [6.07, 6.45) is 2.81. The highest BCUT2D eigenvalue weighted by Crippen LogP contribution is 2.18. The van der Waals surface area contributed by atoms with Crippen LogP contribution in [-0.4, -0.2) is 29.7 Å². The van der Waals surface area contributed by atoms with E-state index in [1.54, 1.807) is 0 Å². The van der Waals surface area contributed by atoms with E-state index in [9.17, 15) is 9.59 Å². The quantitative estimate of drug-likeness (QED) is 0.795. The second-order valence-corrected chi connectivity index (χ2v) is 6.30. The Morgan fingerprint density at radius 1 is 1.14 bits per heavy atom. The molecule has 1 aromatic carbocycles. The number of piperidine rings is 1. The fourth-order valence-electron chi connectivity index (χ4n) is 2.81. The molecule has 2 rings (SSSR count). The van der Waals surface area contributed by atoms with Crippen molar-refractivity contribution in [3.05, 3.63) is 34.9 Å².